The standard InChI is InChI=1S/C21H21FN2O4S/c1-3-24-18-12-23(29(27,28)17-11-7-6-10-16(17)22)13-21(18,2)19(25)14-8-4-5-9-15(14)20(24)26/h4-11,18H,3,12-13H2,1-2H3/t18-,21+/m1/s1. The molecule has 2 aliphatic heterocycles. The topological polar surface area (TPSA) is 74.8 Å². The van der Waals surface area contributed by atoms with Crippen molar-refractivity contribution in [2.24, 2.45) is 5.41 Å². The molecular formula is C21H21FN2O4S. The molecule has 1 amide bonds. The van der Waals surface area contributed by atoms with E-state index in [9.17, 15) is 22.4 Å². The molecule has 0 bridgehead atoms. The molecule has 29 heavy (non-hydrogen) atoms. The first kappa shape index (κ1) is 19.7. The Kier molecular flexibility index (Phi) is 4.59. The summed E-state index contributed by atoms with van der Waals surface area (Å²) in [6, 6.07) is 11.1. The van der Waals surface area contributed by atoms with Crippen LogP contribution in [0.4, 0.5) is 4.39 Å². The summed E-state index contributed by atoms with van der Waals surface area (Å²) < 4.78 is 41.6. The maximum Gasteiger partial charge on any atom is 0.254 e. The van der Waals surface area contributed by atoms with Crippen molar-refractivity contribution in [3.8, 4) is 0 Å². The van der Waals surface area contributed by atoms with E-state index in [1.165, 1.54) is 18.2 Å². The second-order valence-corrected chi connectivity index (χ2v) is 9.53. The van der Waals surface area contributed by atoms with Crippen LogP contribution in [0.5, 0.6) is 0 Å². The number of hydrogen-bond donors (Lipinski definition) is 0. The number of benzene rings is 2. The lowest BCUT2D eigenvalue weighted by molar-refractivity contribution is 0.0560. The van der Waals surface area contributed by atoms with Crippen molar-refractivity contribution in [2.75, 3.05) is 19.6 Å². The van der Waals surface area contributed by atoms with Gasteiger partial charge in [0.2, 0.25) is 10.0 Å². The van der Waals surface area contributed by atoms with Gasteiger partial charge in [-0.25, -0.2) is 12.8 Å². The number of carbonyl (C=O) groups is 2. The highest BCUT2D eigenvalue weighted by Gasteiger charge is 2.57. The number of amides is 1. The average Bonchev–Trinajstić information content (AvgIpc) is 3.05. The first-order valence-corrected chi connectivity index (χ1v) is 10.9. The van der Waals surface area contributed by atoms with Gasteiger partial charge >= 0.3 is 0 Å². The quantitative estimate of drug-likeness (QED) is 0.771. The fourth-order valence-electron chi connectivity index (χ4n) is 4.41. The van der Waals surface area contributed by atoms with Crippen LogP contribution in [0.25, 0.3) is 0 Å². The van der Waals surface area contributed by atoms with E-state index in [-0.39, 0.29) is 24.8 Å². The fourth-order valence-corrected chi connectivity index (χ4v) is 6.03. The average molecular weight is 416 g/mol. The van der Waals surface area contributed by atoms with Gasteiger partial charge in [0.25, 0.3) is 5.91 Å². The van der Waals surface area contributed by atoms with E-state index in [2.05, 4.69) is 0 Å². The van der Waals surface area contributed by atoms with Crippen molar-refractivity contribution in [1.82, 2.24) is 9.21 Å². The van der Waals surface area contributed by atoms with E-state index >= 15 is 0 Å². The van der Waals surface area contributed by atoms with Crippen LogP contribution in [0.1, 0.15) is 34.6 Å². The van der Waals surface area contributed by atoms with Gasteiger partial charge in [0, 0.05) is 25.2 Å². The Balaban J connectivity index is 1.82. The number of carbonyl (C=O) groups excluding carboxylic acids is 2. The second kappa shape index (κ2) is 6.74. The van der Waals surface area contributed by atoms with Crippen LogP contribution in [0.3, 0.4) is 0 Å². The summed E-state index contributed by atoms with van der Waals surface area (Å²) in [6.07, 6.45) is 0. The third-order valence-corrected chi connectivity index (χ3v) is 7.81. The highest BCUT2D eigenvalue weighted by Crippen LogP contribution is 2.42. The minimum absolute atomic E-state index is 0.0630. The van der Waals surface area contributed by atoms with E-state index in [1.54, 1.807) is 43.0 Å². The molecule has 2 aliphatic rings. The summed E-state index contributed by atoms with van der Waals surface area (Å²) in [5, 5.41) is 0. The molecule has 0 aromatic heterocycles. The predicted octanol–water partition coefficient (Wildman–Crippen LogP) is 2.56. The fraction of sp³-hybridized carbons (Fsp3) is 0.333. The number of rotatable bonds is 3. The van der Waals surface area contributed by atoms with Crippen LogP contribution in [-0.4, -0.2) is 55.0 Å². The largest absolute Gasteiger partial charge is 0.334 e. The van der Waals surface area contributed by atoms with Crippen molar-refractivity contribution >= 4 is 21.7 Å². The van der Waals surface area contributed by atoms with E-state index in [0.717, 1.165) is 10.4 Å². The first-order valence-electron chi connectivity index (χ1n) is 9.41. The molecule has 0 unspecified atom stereocenters. The SMILES string of the molecule is CCN1C(=O)c2ccccc2C(=O)[C@@]2(C)CN(S(=O)(=O)c3ccccc3F)C[C@@H]12. The van der Waals surface area contributed by atoms with Crippen molar-refractivity contribution in [1.29, 1.82) is 0 Å². The number of halogens is 1. The van der Waals surface area contributed by atoms with Gasteiger partial charge in [-0.1, -0.05) is 30.3 Å². The number of ketones is 1. The Labute approximate surface area is 169 Å². The third-order valence-electron chi connectivity index (χ3n) is 5.97. The monoisotopic (exact) mass is 416 g/mol. The Bertz CT molecular complexity index is 1120. The van der Waals surface area contributed by atoms with Gasteiger partial charge in [-0.2, -0.15) is 4.31 Å². The number of likely N-dealkylation sites (N-methyl/N-ethyl adjacent to an activating group) is 1. The summed E-state index contributed by atoms with van der Waals surface area (Å²) in [5.74, 6) is -1.41. The maximum atomic E-state index is 14.2. The molecule has 1 saturated heterocycles. The predicted molar refractivity (Wildman–Crippen MR) is 105 cm³/mol. The molecule has 0 saturated carbocycles. The lowest BCUT2D eigenvalue weighted by atomic mass is 9.78. The molecule has 4 rings (SSSR count). The van der Waals surface area contributed by atoms with E-state index < -0.39 is 32.2 Å². The smallest absolute Gasteiger partial charge is 0.254 e. The molecule has 0 N–H and O–H groups in total. The summed E-state index contributed by atoms with van der Waals surface area (Å²) in [7, 11) is -4.16. The molecule has 2 atom stereocenters. The van der Waals surface area contributed by atoms with E-state index in [0.29, 0.717) is 17.7 Å². The highest BCUT2D eigenvalue weighted by molar-refractivity contribution is 7.89. The summed E-state index contributed by atoms with van der Waals surface area (Å²) in [4.78, 5) is 27.7. The highest BCUT2D eigenvalue weighted by atomic mass is 32.2. The molecule has 0 spiro atoms. The first-order chi connectivity index (χ1) is 13.7. The minimum Gasteiger partial charge on any atom is -0.334 e. The maximum absolute atomic E-state index is 14.2. The van der Waals surface area contributed by atoms with Gasteiger partial charge < -0.3 is 4.90 Å². The van der Waals surface area contributed by atoms with Crippen LogP contribution in [0.2, 0.25) is 0 Å². The molecule has 0 radical (unpaired) electrons. The molecule has 1 fully saturated rings. The summed E-state index contributed by atoms with van der Waals surface area (Å²) in [6.45, 7) is 3.63. The second-order valence-electron chi connectivity index (χ2n) is 7.63. The van der Waals surface area contributed by atoms with E-state index in [1.807, 2.05) is 0 Å². The van der Waals surface area contributed by atoms with Crippen LogP contribution in [0, 0.1) is 11.2 Å². The van der Waals surface area contributed by atoms with Crippen molar-refractivity contribution in [3.63, 3.8) is 0 Å². The van der Waals surface area contributed by atoms with Crippen LogP contribution in [-0.2, 0) is 10.0 Å². The molecular weight excluding hydrogens is 395 g/mol. The van der Waals surface area contributed by atoms with Gasteiger partial charge in [-0.15, -0.1) is 0 Å². The van der Waals surface area contributed by atoms with Gasteiger partial charge in [0.15, 0.2) is 5.78 Å². The Morgan fingerprint density at radius 1 is 1.07 bits per heavy atom. The van der Waals surface area contributed by atoms with Crippen LogP contribution < -0.4 is 0 Å². The molecule has 2 aromatic rings. The number of Topliss-reactive ketones (excluding diaryl/α,β-unsaturated/α-hetero) is 1. The van der Waals surface area contributed by atoms with Gasteiger partial charge in [-0.3, -0.25) is 9.59 Å². The van der Waals surface area contributed by atoms with Crippen LogP contribution in [0.15, 0.2) is 53.4 Å². The van der Waals surface area contributed by atoms with Gasteiger partial charge in [0.1, 0.15) is 10.7 Å². The zero-order chi connectivity index (χ0) is 21.0. The minimum atomic E-state index is -4.16. The zero-order valence-corrected chi connectivity index (χ0v) is 16.9. The third kappa shape index (κ3) is 2.81. The van der Waals surface area contributed by atoms with Gasteiger partial charge in [-0.05, 0) is 32.0 Å². The molecule has 6 nitrogen and oxygen atoms in total. The molecule has 8 heteroatoms. The number of hydrogen-bond acceptors (Lipinski definition) is 4. The Hall–Kier alpha value is -2.58. The number of sulfonamides is 1. The van der Waals surface area contributed by atoms with Crippen molar-refractivity contribution in [3.05, 3.63) is 65.5 Å². The number of nitrogens with zero attached hydrogens (tertiary/aromatic N) is 2. The number of fused-ring (bicyclic) bond motifs is 2. The molecule has 152 valence electrons. The Morgan fingerprint density at radius 2 is 1.69 bits per heavy atom. The van der Waals surface area contributed by atoms with E-state index in [4.69, 9.17) is 0 Å². The molecule has 2 heterocycles. The zero-order valence-electron chi connectivity index (χ0n) is 16.1. The summed E-state index contributed by atoms with van der Waals surface area (Å²) >= 11 is 0. The van der Waals surface area contributed by atoms with Crippen LogP contribution >= 0.6 is 0 Å². The Morgan fingerprint density at radius 3 is 2.34 bits per heavy atom. The van der Waals surface area contributed by atoms with Crippen molar-refractivity contribution < 1.29 is 22.4 Å². The lowest BCUT2D eigenvalue weighted by Gasteiger charge is -2.34. The summed E-state index contributed by atoms with van der Waals surface area (Å²) in [5.41, 5.74) is -0.499. The normalized spacial score (nSPS) is 24.9. The van der Waals surface area contributed by atoms with Gasteiger partial charge in [0.05, 0.1) is 17.0 Å². The van der Waals surface area contributed by atoms with Crippen molar-refractivity contribution in [2.45, 2.75) is 24.8 Å². The molecule has 0 aliphatic carbocycles. The lowest BCUT2D eigenvalue weighted by Crippen LogP contribution is -2.49. The molecule has 2 aromatic carbocycles.